The molecule has 110 valence electrons. The first-order chi connectivity index (χ1) is 9.95. The van der Waals surface area contributed by atoms with Gasteiger partial charge in [-0.15, -0.1) is 0 Å². The topological polar surface area (TPSA) is 77.8 Å². The fourth-order valence-corrected chi connectivity index (χ4v) is 3.10. The molecule has 1 aliphatic rings. The average molecular weight is 327 g/mol. The van der Waals surface area contributed by atoms with Crippen LogP contribution in [0, 0.1) is 5.82 Å². The van der Waals surface area contributed by atoms with Crippen LogP contribution in [0.2, 0.25) is 0 Å². The molecular weight excluding hydrogens is 317 g/mol. The van der Waals surface area contributed by atoms with Crippen molar-refractivity contribution in [3.05, 3.63) is 40.6 Å². The lowest BCUT2D eigenvalue weighted by molar-refractivity contribution is -0.146. The number of hydrogen-bond donors (Lipinski definition) is 2. The summed E-state index contributed by atoms with van der Waals surface area (Å²) < 4.78 is 13.6. The highest BCUT2D eigenvalue weighted by atomic mass is 32.2. The van der Waals surface area contributed by atoms with E-state index in [1.54, 1.807) is 6.07 Å². The number of thioether (sulfide) groups is 1. The molecule has 5 nitrogen and oxygen atoms in total. The standard InChI is InChI=1S/C13H10FNO4S2/c14-8-4-2-1-3-7(8)5-10-11(17)15(13(20)21-10)9(6-16)12(18)19/h1-5,9,16H,6H2,(H,18,19)/b10-5-. The minimum Gasteiger partial charge on any atom is -0.480 e. The van der Waals surface area contributed by atoms with E-state index >= 15 is 0 Å². The summed E-state index contributed by atoms with van der Waals surface area (Å²) >= 11 is 5.84. The Kier molecular flexibility index (Phi) is 4.71. The number of rotatable bonds is 4. The van der Waals surface area contributed by atoms with Crippen LogP contribution in [0.15, 0.2) is 29.2 Å². The second-order valence-electron chi connectivity index (χ2n) is 4.11. The maximum Gasteiger partial charge on any atom is 0.329 e. The van der Waals surface area contributed by atoms with E-state index in [1.165, 1.54) is 24.3 Å². The predicted molar refractivity (Wildman–Crippen MR) is 79.9 cm³/mol. The summed E-state index contributed by atoms with van der Waals surface area (Å²) in [5, 5.41) is 18.1. The zero-order valence-corrected chi connectivity index (χ0v) is 12.2. The van der Waals surface area contributed by atoms with Crippen LogP contribution in [-0.2, 0) is 9.59 Å². The second kappa shape index (κ2) is 6.33. The molecule has 1 unspecified atom stereocenters. The van der Waals surface area contributed by atoms with Crippen molar-refractivity contribution in [2.75, 3.05) is 6.61 Å². The van der Waals surface area contributed by atoms with Crippen molar-refractivity contribution in [2.45, 2.75) is 6.04 Å². The number of aliphatic hydroxyl groups excluding tert-OH is 1. The number of carboxylic acid groups (broad SMARTS) is 1. The lowest BCUT2D eigenvalue weighted by Gasteiger charge is -2.20. The highest BCUT2D eigenvalue weighted by molar-refractivity contribution is 8.26. The van der Waals surface area contributed by atoms with Crippen molar-refractivity contribution < 1.29 is 24.2 Å². The van der Waals surface area contributed by atoms with Crippen molar-refractivity contribution >= 4 is 46.3 Å². The largest absolute Gasteiger partial charge is 0.480 e. The molecule has 2 N–H and O–H groups in total. The minimum absolute atomic E-state index is 0.0176. The second-order valence-corrected chi connectivity index (χ2v) is 5.79. The Bertz CT molecular complexity index is 647. The molecule has 1 amide bonds. The van der Waals surface area contributed by atoms with Gasteiger partial charge in [0.1, 0.15) is 10.1 Å². The third-order valence-electron chi connectivity index (χ3n) is 2.79. The molecule has 1 aromatic carbocycles. The van der Waals surface area contributed by atoms with E-state index in [0.717, 1.165) is 16.7 Å². The van der Waals surface area contributed by atoms with Crippen LogP contribution < -0.4 is 0 Å². The van der Waals surface area contributed by atoms with Gasteiger partial charge < -0.3 is 10.2 Å². The zero-order chi connectivity index (χ0) is 15.6. The maximum absolute atomic E-state index is 13.6. The molecule has 1 saturated heterocycles. The van der Waals surface area contributed by atoms with E-state index in [9.17, 15) is 14.0 Å². The Balaban J connectivity index is 2.34. The number of benzene rings is 1. The van der Waals surface area contributed by atoms with E-state index in [2.05, 4.69) is 0 Å². The highest BCUT2D eigenvalue weighted by Crippen LogP contribution is 2.34. The van der Waals surface area contributed by atoms with Gasteiger partial charge in [-0.3, -0.25) is 9.69 Å². The molecule has 0 aliphatic carbocycles. The number of amides is 1. The quantitative estimate of drug-likeness (QED) is 0.644. The first-order valence-corrected chi connectivity index (χ1v) is 7.03. The third-order valence-corrected chi connectivity index (χ3v) is 4.12. The molecule has 1 aliphatic heterocycles. The Morgan fingerprint density at radius 2 is 2.14 bits per heavy atom. The molecule has 0 bridgehead atoms. The molecule has 0 aromatic heterocycles. The Morgan fingerprint density at radius 1 is 1.48 bits per heavy atom. The van der Waals surface area contributed by atoms with E-state index in [-0.39, 0.29) is 14.8 Å². The number of carbonyl (C=O) groups excluding carboxylic acids is 1. The summed E-state index contributed by atoms with van der Waals surface area (Å²) in [5.74, 6) is -2.52. The van der Waals surface area contributed by atoms with Gasteiger partial charge in [0.25, 0.3) is 5.91 Å². The van der Waals surface area contributed by atoms with Crippen LogP contribution in [0.5, 0.6) is 0 Å². The van der Waals surface area contributed by atoms with Crippen molar-refractivity contribution in [2.24, 2.45) is 0 Å². The molecule has 21 heavy (non-hydrogen) atoms. The van der Waals surface area contributed by atoms with Crippen molar-refractivity contribution in [1.29, 1.82) is 0 Å². The first-order valence-electron chi connectivity index (χ1n) is 5.81. The summed E-state index contributed by atoms with van der Waals surface area (Å²) in [7, 11) is 0. The Hall–Kier alpha value is -1.77. The summed E-state index contributed by atoms with van der Waals surface area (Å²) in [6.07, 6.45) is 1.31. The van der Waals surface area contributed by atoms with Crippen molar-refractivity contribution in [3.63, 3.8) is 0 Å². The zero-order valence-electron chi connectivity index (χ0n) is 10.5. The first kappa shape index (κ1) is 15.6. The summed E-state index contributed by atoms with van der Waals surface area (Å²) in [5.41, 5.74) is 0.203. The molecule has 0 spiro atoms. The third kappa shape index (κ3) is 3.12. The van der Waals surface area contributed by atoms with E-state index in [0.29, 0.717) is 0 Å². The predicted octanol–water partition coefficient (Wildman–Crippen LogP) is 1.47. The number of thiocarbonyl (C=S) groups is 1. The van der Waals surface area contributed by atoms with Gasteiger partial charge in [-0.05, 0) is 12.1 Å². The molecule has 1 heterocycles. The van der Waals surface area contributed by atoms with Crippen LogP contribution in [0.25, 0.3) is 6.08 Å². The Labute approximate surface area is 129 Å². The molecule has 0 saturated carbocycles. The minimum atomic E-state index is -1.44. The van der Waals surface area contributed by atoms with Gasteiger partial charge in [0.15, 0.2) is 6.04 Å². The molecule has 1 aromatic rings. The van der Waals surface area contributed by atoms with Gasteiger partial charge in [-0.25, -0.2) is 9.18 Å². The normalized spacial score (nSPS) is 18.4. The summed E-state index contributed by atoms with van der Waals surface area (Å²) in [6.45, 7) is -0.755. The molecule has 1 fully saturated rings. The highest BCUT2D eigenvalue weighted by Gasteiger charge is 2.40. The summed E-state index contributed by atoms with van der Waals surface area (Å²) in [6, 6.07) is 4.43. The lowest BCUT2D eigenvalue weighted by Crippen LogP contribution is -2.46. The van der Waals surface area contributed by atoms with Crippen LogP contribution in [0.4, 0.5) is 4.39 Å². The van der Waals surface area contributed by atoms with Gasteiger partial charge in [0.2, 0.25) is 0 Å². The van der Waals surface area contributed by atoms with Gasteiger partial charge in [-0.1, -0.05) is 42.2 Å². The summed E-state index contributed by atoms with van der Waals surface area (Å²) in [4.78, 5) is 24.2. The number of hydrogen-bond acceptors (Lipinski definition) is 5. The SMILES string of the molecule is O=C(O)C(CO)N1C(=O)/C(=C/c2ccccc2F)SC1=S. The van der Waals surface area contributed by atoms with Crippen LogP contribution in [0.3, 0.4) is 0 Å². The monoisotopic (exact) mass is 327 g/mol. The van der Waals surface area contributed by atoms with Crippen molar-refractivity contribution in [3.8, 4) is 0 Å². The van der Waals surface area contributed by atoms with Gasteiger partial charge in [0.05, 0.1) is 11.5 Å². The number of carbonyl (C=O) groups is 2. The molecule has 8 heteroatoms. The maximum atomic E-state index is 13.6. The van der Waals surface area contributed by atoms with Gasteiger partial charge in [0, 0.05) is 5.56 Å². The Morgan fingerprint density at radius 3 is 2.71 bits per heavy atom. The number of aliphatic carboxylic acids is 1. The number of carboxylic acids is 1. The van der Waals surface area contributed by atoms with Crippen LogP contribution in [0.1, 0.15) is 5.56 Å². The van der Waals surface area contributed by atoms with Crippen molar-refractivity contribution in [1.82, 2.24) is 4.90 Å². The van der Waals surface area contributed by atoms with E-state index in [4.69, 9.17) is 22.4 Å². The lowest BCUT2D eigenvalue weighted by atomic mass is 10.2. The fourth-order valence-electron chi connectivity index (χ4n) is 1.75. The molecule has 2 rings (SSSR count). The smallest absolute Gasteiger partial charge is 0.329 e. The molecule has 1 atom stereocenters. The van der Waals surface area contributed by atoms with Gasteiger partial charge in [-0.2, -0.15) is 0 Å². The van der Waals surface area contributed by atoms with Gasteiger partial charge >= 0.3 is 5.97 Å². The van der Waals surface area contributed by atoms with E-state index in [1.807, 2.05) is 0 Å². The number of nitrogens with zero attached hydrogens (tertiary/aromatic N) is 1. The average Bonchev–Trinajstić information content (AvgIpc) is 2.70. The van der Waals surface area contributed by atoms with E-state index < -0.39 is 30.3 Å². The molecular formula is C13H10FNO4S2. The van der Waals surface area contributed by atoms with Crippen LogP contribution >= 0.6 is 24.0 Å². The number of halogens is 1. The van der Waals surface area contributed by atoms with Crippen LogP contribution in [-0.4, -0.2) is 44.0 Å². The fraction of sp³-hybridized carbons (Fsp3) is 0.154. The molecule has 0 radical (unpaired) electrons. The number of aliphatic hydroxyl groups is 1.